The molecule has 0 aliphatic carbocycles. The van der Waals surface area contributed by atoms with Crippen LogP contribution in [0.2, 0.25) is 0 Å². The Labute approximate surface area is 185 Å². The number of halogens is 1. The smallest absolute Gasteiger partial charge is 0.195 e. The highest BCUT2D eigenvalue weighted by Crippen LogP contribution is 2.29. The zero-order chi connectivity index (χ0) is 19.6. The summed E-state index contributed by atoms with van der Waals surface area (Å²) in [6, 6.07) is 16.5. The predicted molar refractivity (Wildman–Crippen MR) is 128 cm³/mol. The number of ether oxygens (including phenoxy) is 2. The van der Waals surface area contributed by atoms with E-state index in [2.05, 4.69) is 58.9 Å². The van der Waals surface area contributed by atoms with Crippen LogP contribution in [-0.4, -0.2) is 58.8 Å². The maximum Gasteiger partial charge on any atom is 0.195 e. The molecule has 0 bridgehead atoms. The number of benzene rings is 2. The number of rotatable bonds is 8. The molecule has 0 aliphatic rings. The first-order valence-electron chi connectivity index (χ1n) is 8.97. The van der Waals surface area contributed by atoms with Crippen molar-refractivity contribution in [2.75, 3.05) is 47.2 Å². The predicted octanol–water partition coefficient (Wildman–Crippen LogP) is 3.48. The lowest BCUT2D eigenvalue weighted by Crippen LogP contribution is -2.43. The van der Waals surface area contributed by atoms with Gasteiger partial charge in [-0.1, -0.05) is 30.3 Å². The fourth-order valence-electron chi connectivity index (χ4n) is 2.77. The second-order valence-corrected chi connectivity index (χ2v) is 6.46. The minimum Gasteiger partial charge on any atom is -0.493 e. The highest BCUT2D eigenvalue weighted by atomic mass is 127. The molecule has 2 aromatic carbocycles. The van der Waals surface area contributed by atoms with Crippen molar-refractivity contribution in [2.24, 2.45) is 4.99 Å². The van der Waals surface area contributed by atoms with E-state index < -0.39 is 0 Å². The molecular formula is C21H31IN4O2. The van der Waals surface area contributed by atoms with Crippen LogP contribution < -0.4 is 20.1 Å². The second-order valence-electron chi connectivity index (χ2n) is 6.46. The van der Waals surface area contributed by atoms with Gasteiger partial charge in [0.1, 0.15) is 0 Å². The summed E-state index contributed by atoms with van der Waals surface area (Å²) in [7, 11) is 9.21. The van der Waals surface area contributed by atoms with Crippen LogP contribution in [0, 0.1) is 0 Å². The van der Waals surface area contributed by atoms with Gasteiger partial charge in [-0.2, -0.15) is 0 Å². The summed E-state index contributed by atoms with van der Waals surface area (Å²) in [4.78, 5) is 6.55. The average Bonchev–Trinajstić information content (AvgIpc) is 2.70. The molecule has 1 atom stereocenters. The first kappa shape index (κ1) is 24.0. The summed E-state index contributed by atoms with van der Waals surface area (Å²) in [5, 5.41) is 6.71. The molecule has 0 aromatic heterocycles. The third-order valence-electron chi connectivity index (χ3n) is 4.42. The lowest BCUT2D eigenvalue weighted by molar-refractivity contribution is 0.291. The molecule has 28 heavy (non-hydrogen) atoms. The Morgan fingerprint density at radius 2 is 1.71 bits per heavy atom. The standard InChI is InChI=1S/C21H30N4O2.HI/c1-22-21(24-17-11-12-19(26-4)20(14-17)27-5)23-15-18(25(2)3)13-16-9-7-6-8-10-16;/h6-12,14,18H,13,15H2,1-5H3,(H2,22,23,24);1H. The lowest BCUT2D eigenvalue weighted by atomic mass is 10.1. The van der Waals surface area contributed by atoms with E-state index in [1.54, 1.807) is 21.3 Å². The molecule has 0 heterocycles. The normalized spacial score (nSPS) is 12.1. The molecule has 2 rings (SSSR count). The largest absolute Gasteiger partial charge is 0.493 e. The minimum absolute atomic E-state index is 0. The van der Waals surface area contributed by atoms with Crippen LogP contribution in [0.4, 0.5) is 5.69 Å². The van der Waals surface area contributed by atoms with Gasteiger partial charge in [0.25, 0.3) is 0 Å². The van der Waals surface area contributed by atoms with Crippen molar-refractivity contribution in [3.05, 3.63) is 54.1 Å². The molecule has 2 aromatic rings. The quantitative estimate of drug-likeness (QED) is 0.332. The van der Waals surface area contributed by atoms with Crippen LogP contribution >= 0.6 is 24.0 Å². The molecule has 0 radical (unpaired) electrons. The van der Waals surface area contributed by atoms with Gasteiger partial charge < -0.3 is 25.0 Å². The summed E-state index contributed by atoms with van der Waals surface area (Å²) in [5.41, 5.74) is 2.20. The highest BCUT2D eigenvalue weighted by Gasteiger charge is 2.13. The van der Waals surface area contributed by atoms with Crippen LogP contribution in [0.3, 0.4) is 0 Å². The van der Waals surface area contributed by atoms with Crippen molar-refractivity contribution < 1.29 is 9.47 Å². The van der Waals surface area contributed by atoms with Crippen molar-refractivity contribution in [1.29, 1.82) is 0 Å². The average molecular weight is 498 g/mol. The Balaban J connectivity index is 0.00000392. The van der Waals surface area contributed by atoms with Crippen molar-refractivity contribution in [2.45, 2.75) is 12.5 Å². The number of likely N-dealkylation sites (N-methyl/N-ethyl adjacent to an activating group) is 1. The molecule has 0 fully saturated rings. The van der Waals surface area contributed by atoms with Gasteiger partial charge in [-0.15, -0.1) is 24.0 Å². The number of methoxy groups -OCH3 is 2. The Kier molecular flexibility index (Phi) is 10.7. The Morgan fingerprint density at radius 3 is 2.29 bits per heavy atom. The van der Waals surface area contributed by atoms with Crippen LogP contribution in [-0.2, 0) is 6.42 Å². The molecule has 2 N–H and O–H groups in total. The number of hydrogen-bond acceptors (Lipinski definition) is 4. The molecule has 0 aliphatic heterocycles. The Morgan fingerprint density at radius 1 is 1.04 bits per heavy atom. The van der Waals surface area contributed by atoms with Crippen molar-refractivity contribution >= 4 is 35.6 Å². The van der Waals surface area contributed by atoms with Gasteiger partial charge in [0.15, 0.2) is 17.5 Å². The number of nitrogens with zero attached hydrogens (tertiary/aromatic N) is 2. The summed E-state index contributed by atoms with van der Waals surface area (Å²) < 4.78 is 10.6. The lowest BCUT2D eigenvalue weighted by Gasteiger charge is -2.26. The van der Waals surface area contributed by atoms with Crippen molar-refractivity contribution in [1.82, 2.24) is 10.2 Å². The number of nitrogens with one attached hydrogen (secondary N) is 2. The summed E-state index contributed by atoms with van der Waals surface area (Å²) in [5.74, 6) is 2.08. The fourth-order valence-corrected chi connectivity index (χ4v) is 2.77. The van der Waals surface area contributed by atoms with E-state index >= 15 is 0 Å². The molecule has 0 saturated heterocycles. The first-order chi connectivity index (χ1) is 13.1. The minimum atomic E-state index is 0. The third-order valence-corrected chi connectivity index (χ3v) is 4.42. The Bertz CT molecular complexity index is 738. The van der Waals surface area contributed by atoms with E-state index in [1.807, 2.05) is 24.3 Å². The van der Waals surface area contributed by atoms with Crippen molar-refractivity contribution in [3.63, 3.8) is 0 Å². The molecule has 0 saturated carbocycles. The molecule has 0 spiro atoms. The van der Waals surface area contributed by atoms with Gasteiger partial charge in [-0.05, 0) is 38.2 Å². The molecule has 7 heteroatoms. The fraction of sp³-hybridized carbons (Fsp3) is 0.381. The monoisotopic (exact) mass is 498 g/mol. The third kappa shape index (κ3) is 7.20. The van der Waals surface area contributed by atoms with E-state index in [0.717, 1.165) is 18.7 Å². The maximum atomic E-state index is 5.36. The molecule has 1 unspecified atom stereocenters. The van der Waals surface area contributed by atoms with E-state index in [0.29, 0.717) is 23.5 Å². The topological polar surface area (TPSA) is 58.1 Å². The number of guanidine groups is 1. The summed E-state index contributed by atoms with van der Waals surface area (Å²) in [6.07, 6.45) is 0.966. The van der Waals surface area contributed by atoms with Gasteiger partial charge in [-0.25, -0.2) is 0 Å². The molecule has 0 amide bonds. The summed E-state index contributed by atoms with van der Waals surface area (Å²) in [6.45, 7) is 0.773. The van der Waals surface area contributed by atoms with Crippen LogP contribution in [0.5, 0.6) is 11.5 Å². The number of anilines is 1. The van der Waals surface area contributed by atoms with E-state index in [4.69, 9.17) is 9.47 Å². The van der Waals surface area contributed by atoms with Gasteiger partial charge in [0.05, 0.1) is 14.2 Å². The van der Waals surface area contributed by atoms with E-state index in [-0.39, 0.29) is 24.0 Å². The highest BCUT2D eigenvalue weighted by molar-refractivity contribution is 14.0. The molecular weight excluding hydrogens is 467 g/mol. The number of hydrogen-bond donors (Lipinski definition) is 2. The van der Waals surface area contributed by atoms with Crippen LogP contribution in [0.25, 0.3) is 0 Å². The van der Waals surface area contributed by atoms with Gasteiger partial charge >= 0.3 is 0 Å². The molecule has 6 nitrogen and oxygen atoms in total. The van der Waals surface area contributed by atoms with Crippen molar-refractivity contribution in [3.8, 4) is 11.5 Å². The summed E-state index contributed by atoms with van der Waals surface area (Å²) >= 11 is 0. The van der Waals surface area contributed by atoms with E-state index in [1.165, 1.54) is 5.56 Å². The number of aliphatic imine (C=N–C) groups is 1. The van der Waals surface area contributed by atoms with Gasteiger partial charge in [0, 0.05) is 31.4 Å². The van der Waals surface area contributed by atoms with Gasteiger partial charge in [0.2, 0.25) is 0 Å². The van der Waals surface area contributed by atoms with Crippen LogP contribution in [0.15, 0.2) is 53.5 Å². The first-order valence-corrected chi connectivity index (χ1v) is 8.97. The maximum absolute atomic E-state index is 5.36. The van der Waals surface area contributed by atoms with E-state index in [9.17, 15) is 0 Å². The zero-order valence-corrected chi connectivity index (χ0v) is 19.6. The van der Waals surface area contributed by atoms with Gasteiger partial charge in [-0.3, -0.25) is 4.99 Å². The second kappa shape index (κ2) is 12.5. The van der Waals surface area contributed by atoms with Crippen LogP contribution in [0.1, 0.15) is 5.56 Å². The molecule has 154 valence electrons. The SMILES string of the molecule is CN=C(NCC(Cc1ccccc1)N(C)C)Nc1ccc(OC)c(OC)c1.I. The Hall–Kier alpha value is -2.00. The zero-order valence-electron chi connectivity index (χ0n) is 17.2.